The lowest BCUT2D eigenvalue weighted by Crippen LogP contribution is -2.48. The van der Waals surface area contributed by atoms with Crippen molar-refractivity contribution in [2.75, 3.05) is 13.1 Å². The van der Waals surface area contributed by atoms with Crippen molar-refractivity contribution in [2.45, 2.75) is 64.5 Å². The van der Waals surface area contributed by atoms with Gasteiger partial charge in [-0.15, -0.1) is 11.3 Å². The number of amides is 1. The number of piperidine rings is 1. The van der Waals surface area contributed by atoms with Gasteiger partial charge < -0.3 is 14.3 Å². The van der Waals surface area contributed by atoms with Crippen LogP contribution in [-0.2, 0) is 22.6 Å². The number of nitrogens with one attached hydrogen (secondary N) is 1. The summed E-state index contributed by atoms with van der Waals surface area (Å²) < 4.78 is 11.4. The van der Waals surface area contributed by atoms with E-state index in [9.17, 15) is 9.35 Å². The highest BCUT2D eigenvalue weighted by Gasteiger charge is 2.48. The van der Waals surface area contributed by atoms with E-state index in [4.69, 9.17) is 4.84 Å². The van der Waals surface area contributed by atoms with Gasteiger partial charge in [0.15, 0.2) is 0 Å². The number of carbonyl (C=O) groups excluding carboxylic acids is 1. The SMILES string of the molecule is Cc1nc2c(s1)[C@@H](C)C1(CCN(C(=O)ON[S@+]([O-])C(C)(C)C)CC1)C2. The molecule has 8 heteroatoms. The Labute approximate surface area is 156 Å². The molecule has 6 nitrogen and oxygen atoms in total. The molecule has 0 aromatic carbocycles. The van der Waals surface area contributed by atoms with Crippen molar-refractivity contribution in [2.24, 2.45) is 5.41 Å². The first kappa shape index (κ1) is 18.9. The summed E-state index contributed by atoms with van der Waals surface area (Å²) in [4.78, 5) is 27.5. The summed E-state index contributed by atoms with van der Waals surface area (Å²) in [5, 5.41) is 1.14. The maximum atomic E-state index is 12.2. The number of hydrogen-bond donors (Lipinski definition) is 1. The molecule has 1 aromatic rings. The lowest BCUT2D eigenvalue weighted by atomic mass is 9.71. The average molecular weight is 386 g/mol. The minimum absolute atomic E-state index is 0.223. The summed E-state index contributed by atoms with van der Waals surface area (Å²) in [6, 6.07) is 0. The van der Waals surface area contributed by atoms with Crippen molar-refractivity contribution < 1.29 is 14.2 Å². The normalized spacial score (nSPS) is 23.6. The second kappa shape index (κ2) is 6.72. The fourth-order valence-corrected chi connectivity index (χ4v) is 5.26. The number of thiazole rings is 1. The predicted molar refractivity (Wildman–Crippen MR) is 99.7 cm³/mol. The van der Waals surface area contributed by atoms with Gasteiger partial charge in [-0.2, -0.15) is 0 Å². The second-order valence-corrected chi connectivity index (χ2v) is 11.3. The van der Waals surface area contributed by atoms with Gasteiger partial charge in [0.2, 0.25) is 0 Å². The molecule has 1 aliphatic heterocycles. The molecule has 0 unspecified atom stereocenters. The predicted octanol–water partition coefficient (Wildman–Crippen LogP) is 3.30. The minimum Gasteiger partial charge on any atom is -0.595 e. The number of likely N-dealkylation sites (tertiary alicyclic amines) is 1. The zero-order valence-electron chi connectivity index (χ0n) is 15.5. The third-order valence-electron chi connectivity index (χ3n) is 5.44. The molecule has 3 rings (SSSR count). The number of hydrogen-bond acceptors (Lipinski definition) is 6. The fraction of sp³-hybridized carbons (Fsp3) is 0.765. The quantitative estimate of drug-likeness (QED) is 0.624. The van der Waals surface area contributed by atoms with Gasteiger partial charge in [0, 0.05) is 22.9 Å². The second-order valence-electron chi connectivity index (χ2n) is 8.12. The Hall–Kier alpha value is -0.830. The van der Waals surface area contributed by atoms with Crippen molar-refractivity contribution in [3.63, 3.8) is 0 Å². The van der Waals surface area contributed by atoms with Crippen LogP contribution in [0.2, 0.25) is 0 Å². The molecule has 2 heterocycles. The van der Waals surface area contributed by atoms with E-state index < -0.39 is 22.2 Å². The molecule has 1 aliphatic carbocycles. The molecule has 0 bridgehead atoms. The summed E-state index contributed by atoms with van der Waals surface area (Å²) in [5.74, 6) is 0.499. The van der Waals surface area contributed by atoms with Crippen LogP contribution < -0.4 is 4.89 Å². The molecule has 1 N–H and O–H groups in total. The van der Waals surface area contributed by atoms with Gasteiger partial charge in [-0.1, -0.05) is 6.92 Å². The van der Waals surface area contributed by atoms with Crippen LogP contribution in [0.3, 0.4) is 0 Å². The lowest BCUT2D eigenvalue weighted by molar-refractivity contribution is 0.0488. The molecule has 1 fully saturated rings. The molecule has 1 spiro atoms. The monoisotopic (exact) mass is 385 g/mol. The molecule has 2 aliphatic rings. The standard InChI is InChI=1S/C17H27N3O3S2/c1-11-14-13(18-12(2)24-14)10-17(11)6-8-20(9-7-17)15(21)23-19-25(22)16(3,4)5/h11,19H,6-10H2,1-5H3/t11-,25-/m1/s1. The summed E-state index contributed by atoms with van der Waals surface area (Å²) in [6.07, 6.45) is 2.48. The van der Waals surface area contributed by atoms with Crippen LogP contribution in [-0.4, -0.2) is 38.4 Å². The fourth-order valence-electron chi connectivity index (χ4n) is 3.72. The van der Waals surface area contributed by atoms with E-state index in [1.807, 2.05) is 32.1 Å². The Balaban J connectivity index is 1.54. The number of nitrogens with zero attached hydrogens (tertiary/aromatic N) is 2. The van der Waals surface area contributed by atoms with Crippen LogP contribution in [0.25, 0.3) is 0 Å². The highest BCUT2D eigenvalue weighted by atomic mass is 32.2. The number of aromatic nitrogens is 1. The molecule has 140 valence electrons. The lowest BCUT2D eigenvalue weighted by Gasteiger charge is -2.41. The van der Waals surface area contributed by atoms with Gasteiger partial charge in [0.1, 0.15) is 4.75 Å². The largest absolute Gasteiger partial charge is 0.595 e. The zero-order chi connectivity index (χ0) is 18.4. The maximum Gasteiger partial charge on any atom is 0.432 e. The van der Waals surface area contributed by atoms with Gasteiger partial charge in [-0.05, 0) is 58.3 Å². The average Bonchev–Trinajstić information content (AvgIpc) is 3.01. The van der Waals surface area contributed by atoms with Crippen LogP contribution in [0.1, 0.15) is 62.0 Å². The van der Waals surface area contributed by atoms with E-state index in [-0.39, 0.29) is 5.41 Å². The van der Waals surface area contributed by atoms with Crippen molar-refractivity contribution in [3.05, 3.63) is 15.6 Å². The maximum absolute atomic E-state index is 12.2. The van der Waals surface area contributed by atoms with Crippen molar-refractivity contribution >= 4 is 28.8 Å². The molecule has 25 heavy (non-hydrogen) atoms. The smallest absolute Gasteiger partial charge is 0.432 e. The Bertz CT molecular complexity index is 648. The van der Waals surface area contributed by atoms with Crippen LogP contribution in [0, 0.1) is 12.3 Å². The highest BCUT2D eigenvalue weighted by molar-refractivity contribution is 7.90. The van der Waals surface area contributed by atoms with Crippen LogP contribution >= 0.6 is 11.3 Å². The molecule has 1 amide bonds. The number of rotatable bonds is 2. The Morgan fingerprint density at radius 2 is 2.08 bits per heavy atom. The summed E-state index contributed by atoms with van der Waals surface area (Å²) in [7, 11) is 0. The first-order chi connectivity index (χ1) is 11.6. The number of aryl methyl sites for hydroxylation is 1. The zero-order valence-corrected chi connectivity index (χ0v) is 17.2. The molecule has 2 atom stereocenters. The summed E-state index contributed by atoms with van der Waals surface area (Å²) >= 11 is 0.386. The third-order valence-corrected chi connectivity index (χ3v) is 7.99. The van der Waals surface area contributed by atoms with Gasteiger partial charge in [-0.3, -0.25) is 0 Å². The van der Waals surface area contributed by atoms with Gasteiger partial charge >= 0.3 is 6.09 Å². The molecule has 0 radical (unpaired) electrons. The minimum atomic E-state index is -1.43. The van der Waals surface area contributed by atoms with Gasteiger partial charge in [0.05, 0.1) is 22.1 Å². The summed E-state index contributed by atoms with van der Waals surface area (Å²) in [5.41, 5.74) is 1.48. The van der Waals surface area contributed by atoms with E-state index in [1.165, 1.54) is 10.6 Å². The van der Waals surface area contributed by atoms with Crippen molar-refractivity contribution in [1.82, 2.24) is 14.8 Å². The van der Waals surface area contributed by atoms with E-state index in [2.05, 4.69) is 23.7 Å². The molecule has 0 saturated carbocycles. The van der Waals surface area contributed by atoms with E-state index in [1.54, 1.807) is 4.90 Å². The molecule has 1 aromatic heterocycles. The van der Waals surface area contributed by atoms with Gasteiger partial charge in [-0.25, -0.2) is 9.78 Å². The molecular formula is C17H27N3O3S2. The number of carbonyl (C=O) groups is 1. The van der Waals surface area contributed by atoms with E-state index >= 15 is 0 Å². The highest BCUT2D eigenvalue weighted by Crippen LogP contribution is 2.54. The Morgan fingerprint density at radius 3 is 2.64 bits per heavy atom. The Kier molecular flexibility index (Phi) is 5.09. The van der Waals surface area contributed by atoms with E-state index in [0.717, 1.165) is 24.3 Å². The Morgan fingerprint density at radius 1 is 1.44 bits per heavy atom. The summed E-state index contributed by atoms with van der Waals surface area (Å²) in [6.45, 7) is 11.2. The van der Waals surface area contributed by atoms with Crippen LogP contribution in [0.5, 0.6) is 0 Å². The molecule has 1 saturated heterocycles. The topological polar surface area (TPSA) is 77.5 Å². The number of fused-ring (bicyclic) bond motifs is 1. The van der Waals surface area contributed by atoms with E-state index in [0.29, 0.717) is 19.0 Å². The first-order valence-electron chi connectivity index (χ1n) is 8.72. The van der Waals surface area contributed by atoms with Crippen molar-refractivity contribution in [1.29, 1.82) is 0 Å². The van der Waals surface area contributed by atoms with Crippen molar-refractivity contribution in [3.8, 4) is 0 Å². The molecular weight excluding hydrogens is 358 g/mol. The van der Waals surface area contributed by atoms with Gasteiger partial charge in [0.25, 0.3) is 0 Å². The van der Waals surface area contributed by atoms with Crippen LogP contribution in [0.4, 0.5) is 4.79 Å². The first-order valence-corrected chi connectivity index (χ1v) is 10.7. The van der Waals surface area contributed by atoms with Crippen LogP contribution in [0.15, 0.2) is 0 Å². The third kappa shape index (κ3) is 3.67.